The molecule has 0 heterocycles. The highest BCUT2D eigenvalue weighted by molar-refractivity contribution is 7.91. The van der Waals surface area contributed by atoms with Gasteiger partial charge in [0, 0.05) is 35.1 Å². The van der Waals surface area contributed by atoms with Gasteiger partial charge in [0.2, 0.25) is 9.84 Å². The molecule has 0 fully saturated rings. The van der Waals surface area contributed by atoms with Crippen LogP contribution in [0.2, 0.25) is 0 Å². The molecule has 0 aliphatic rings. The summed E-state index contributed by atoms with van der Waals surface area (Å²) in [6.45, 7) is 18.1. The van der Waals surface area contributed by atoms with E-state index in [2.05, 4.69) is 23.8 Å². The maximum Gasteiger partial charge on any atom is 0.333 e. The van der Waals surface area contributed by atoms with Gasteiger partial charge in [-0.25, -0.2) is 18.0 Å². The Morgan fingerprint density at radius 3 is 1.30 bits per heavy atom. The van der Waals surface area contributed by atoms with Crippen molar-refractivity contribution < 1.29 is 46.5 Å². The van der Waals surface area contributed by atoms with E-state index in [0.29, 0.717) is 46.5 Å². The molecule has 0 aliphatic heterocycles. The molecule has 0 bridgehead atoms. The molecule has 12 nitrogen and oxygen atoms in total. The molecule has 0 aromatic heterocycles. The number of rotatable bonds is 18. The van der Waals surface area contributed by atoms with Crippen molar-refractivity contribution in [2.45, 2.75) is 64.2 Å². The van der Waals surface area contributed by atoms with Gasteiger partial charge in [0.05, 0.1) is 34.4 Å². The molecule has 6 aromatic carbocycles. The molecule has 6 aromatic rings. The van der Waals surface area contributed by atoms with E-state index in [-0.39, 0.29) is 57.8 Å². The van der Waals surface area contributed by atoms with E-state index in [1.807, 2.05) is 39.8 Å². The minimum Gasteiger partial charge on any atom is -0.462 e. The topological polar surface area (TPSA) is 163 Å². The average Bonchev–Trinajstić information content (AvgIpc) is 3.29. The number of benzene rings is 6. The van der Waals surface area contributed by atoms with Crippen LogP contribution in [0.25, 0.3) is 0 Å². The van der Waals surface area contributed by atoms with E-state index in [4.69, 9.17) is 18.9 Å². The largest absolute Gasteiger partial charge is 0.462 e. The Hall–Kier alpha value is -7.77. The summed E-state index contributed by atoms with van der Waals surface area (Å²) in [5.74, 6) is -0.738. The Bertz CT molecular complexity index is 2830. The number of hydrogen-bond acceptors (Lipinski definition) is 10. The van der Waals surface area contributed by atoms with Crippen LogP contribution in [-0.2, 0) is 41.7 Å². The smallest absolute Gasteiger partial charge is 0.333 e. The first-order chi connectivity index (χ1) is 31.9. The van der Waals surface area contributed by atoms with E-state index in [9.17, 15) is 27.6 Å². The van der Waals surface area contributed by atoms with Crippen LogP contribution in [0.15, 0.2) is 155 Å². The van der Waals surface area contributed by atoms with Crippen molar-refractivity contribution in [1.29, 1.82) is 0 Å². The first kappa shape index (κ1) is 48.7. The molecule has 0 spiro atoms. The Kier molecular flexibility index (Phi) is 15.6. The number of amides is 2. The van der Waals surface area contributed by atoms with Crippen LogP contribution in [0.5, 0.6) is 23.0 Å². The normalized spacial score (nSPS) is 11.0. The molecule has 0 atom stereocenters. The maximum atomic E-state index is 14.1. The Morgan fingerprint density at radius 1 is 0.522 bits per heavy atom. The molecule has 0 aliphatic carbocycles. The van der Waals surface area contributed by atoms with Gasteiger partial charge in [0.15, 0.2) is 11.5 Å². The second kappa shape index (κ2) is 21.5. The molecule has 2 amide bonds. The fourth-order valence-corrected chi connectivity index (χ4v) is 8.44. The van der Waals surface area contributed by atoms with Crippen LogP contribution in [0, 0.1) is 27.7 Å². The standard InChI is InChI=1S/C54H52N2O10S/c1-33(2)53(59)63-25-23-39-27-35(5)29-45(37(39)7)51(57)55-47-19-9-11-21-49(47)65-41-15-13-17-43(31-41)67(61,62)44-18-14-16-42(32-44)66-50-22-12-10-20-48(50)56-52(58)46-30-36(6)28-40(38(46)8)24-26-64-54(60)34(3)4/h9-22,27-32H,1,3,23-26H2,2,4-8H3,(H,55,57)(H,56,58). The quantitative estimate of drug-likeness (QED) is 0.0626. The first-order valence-corrected chi connectivity index (χ1v) is 22.9. The average molecular weight is 921 g/mol. The van der Waals surface area contributed by atoms with Crippen molar-refractivity contribution in [1.82, 2.24) is 0 Å². The third-order valence-electron chi connectivity index (χ3n) is 10.7. The lowest BCUT2D eigenvalue weighted by molar-refractivity contribution is -0.139. The Morgan fingerprint density at radius 2 is 0.910 bits per heavy atom. The number of carbonyl (C=O) groups is 4. The molecule has 0 saturated heterocycles. The van der Waals surface area contributed by atoms with Gasteiger partial charge in [-0.3, -0.25) is 9.59 Å². The van der Waals surface area contributed by atoms with Crippen molar-refractivity contribution in [2.75, 3.05) is 23.8 Å². The lowest BCUT2D eigenvalue weighted by Gasteiger charge is -2.16. The molecule has 0 radical (unpaired) electrons. The molecule has 0 unspecified atom stereocenters. The van der Waals surface area contributed by atoms with E-state index in [1.165, 1.54) is 24.3 Å². The monoisotopic (exact) mass is 920 g/mol. The van der Waals surface area contributed by atoms with Gasteiger partial charge in [-0.15, -0.1) is 0 Å². The van der Waals surface area contributed by atoms with Crippen molar-refractivity contribution >= 4 is 45.0 Å². The number of anilines is 2. The molecule has 344 valence electrons. The molecule has 6 rings (SSSR count). The van der Waals surface area contributed by atoms with Gasteiger partial charge in [-0.2, -0.15) is 0 Å². The zero-order valence-corrected chi connectivity index (χ0v) is 39.1. The SMILES string of the molecule is C=C(C)C(=O)OCCc1cc(C)cc(C(=O)Nc2ccccc2Oc2cccc(S(=O)(=O)c3cccc(Oc4ccccc4NC(=O)c4cc(C)cc(CCOC(=O)C(=C)C)c4C)c3)c2)c1C. The van der Waals surface area contributed by atoms with Gasteiger partial charge in [-0.05, 0) is 137 Å². The zero-order valence-electron chi connectivity index (χ0n) is 38.3. The van der Waals surface area contributed by atoms with E-state index in [0.717, 1.165) is 33.4 Å². The van der Waals surface area contributed by atoms with Gasteiger partial charge >= 0.3 is 11.9 Å². The number of carbonyl (C=O) groups excluding carboxylic acids is 4. The Balaban J connectivity index is 1.16. The van der Waals surface area contributed by atoms with Crippen LogP contribution in [0.1, 0.15) is 67.9 Å². The van der Waals surface area contributed by atoms with Gasteiger partial charge in [-0.1, -0.05) is 72.8 Å². The third-order valence-corrected chi connectivity index (χ3v) is 12.4. The maximum absolute atomic E-state index is 14.1. The van der Waals surface area contributed by atoms with E-state index < -0.39 is 21.8 Å². The van der Waals surface area contributed by atoms with Crippen molar-refractivity contribution in [3.05, 3.63) is 190 Å². The van der Waals surface area contributed by atoms with Crippen molar-refractivity contribution in [2.24, 2.45) is 0 Å². The molecule has 0 saturated carbocycles. The predicted octanol–water partition coefficient (Wildman–Crippen LogP) is 11.2. The second-order valence-corrected chi connectivity index (χ2v) is 18.0. The number of aryl methyl sites for hydroxylation is 2. The number of para-hydroxylation sites is 4. The van der Waals surface area contributed by atoms with E-state index in [1.54, 1.807) is 98.8 Å². The number of esters is 2. The summed E-state index contributed by atoms with van der Waals surface area (Å²) < 4.78 is 51.2. The first-order valence-electron chi connectivity index (χ1n) is 21.4. The lowest BCUT2D eigenvalue weighted by Crippen LogP contribution is -2.16. The molecule has 13 heteroatoms. The van der Waals surface area contributed by atoms with Crippen LogP contribution >= 0.6 is 0 Å². The number of ether oxygens (including phenoxy) is 4. The minimum absolute atomic E-state index is 0.0462. The van der Waals surface area contributed by atoms with Gasteiger partial charge in [0.25, 0.3) is 11.8 Å². The van der Waals surface area contributed by atoms with Crippen molar-refractivity contribution in [3.8, 4) is 23.0 Å². The summed E-state index contributed by atoms with van der Waals surface area (Å²) in [4.78, 5) is 51.2. The third kappa shape index (κ3) is 12.3. The molecular formula is C54H52N2O10S. The van der Waals surface area contributed by atoms with Crippen LogP contribution in [0.4, 0.5) is 11.4 Å². The summed E-state index contributed by atoms with van der Waals surface area (Å²) in [6.07, 6.45) is 0.821. The van der Waals surface area contributed by atoms with Gasteiger partial charge < -0.3 is 29.6 Å². The molecule has 2 N–H and O–H groups in total. The van der Waals surface area contributed by atoms with E-state index >= 15 is 0 Å². The predicted molar refractivity (Wildman–Crippen MR) is 258 cm³/mol. The van der Waals surface area contributed by atoms with Crippen LogP contribution < -0.4 is 20.1 Å². The van der Waals surface area contributed by atoms with Crippen LogP contribution in [-0.4, -0.2) is 45.4 Å². The highest BCUT2D eigenvalue weighted by Gasteiger charge is 2.22. The lowest BCUT2D eigenvalue weighted by atomic mass is 9.96. The molecule has 67 heavy (non-hydrogen) atoms. The fourth-order valence-electron chi connectivity index (χ4n) is 7.11. The summed E-state index contributed by atoms with van der Waals surface area (Å²) in [7, 11) is -4.12. The summed E-state index contributed by atoms with van der Waals surface area (Å²) in [5.41, 5.74) is 7.09. The summed E-state index contributed by atoms with van der Waals surface area (Å²) in [6, 6.07) is 33.2. The Labute approximate surface area is 391 Å². The summed E-state index contributed by atoms with van der Waals surface area (Å²) in [5, 5.41) is 5.88. The fraction of sp³-hybridized carbons (Fsp3) is 0.185. The number of sulfone groups is 1. The minimum atomic E-state index is -4.12. The van der Waals surface area contributed by atoms with Crippen molar-refractivity contribution in [3.63, 3.8) is 0 Å². The molecular weight excluding hydrogens is 869 g/mol. The van der Waals surface area contributed by atoms with Crippen LogP contribution in [0.3, 0.4) is 0 Å². The highest BCUT2D eigenvalue weighted by atomic mass is 32.2. The second-order valence-electron chi connectivity index (χ2n) is 16.1. The van der Waals surface area contributed by atoms with Gasteiger partial charge in [0.1, 0.15) is 11.5 Å². The zero-order chi connectivity index (χ0) is 48.4. The number of hydrogen-bond donors (Lipinski definition) is 2. The summed E-state index contributed by atoms with van der Waals surface area (Å²) >= 11 is 0. The number of nitrogens with one attached hydrogen (secondary N) is 2. The highest BCUT2D eigenvalue weighted by Crippen LogP contribution is 2.35.